The molecular weight excluding hydrogens is 465 g/mol. The quantitative estimate of drug-likeness (QED) is 0.407. The number of nitrogens with zero attached hydrogens (tertiary/aromatic N) is 4. The third-order valence-electron chi connectivity index (χ3n) is 7.27. The number of aromatic nitrogens is 2. The molecule has 5 rings (SSSR count). The van der Waals surface area contributed by atoms with Crippen molar-refractivity contribution in [2.75, 3.05) is 31.1 Å². The number of benzene rings is 2. The first-order valence-corrected chi connectivity index (χ1v) is 12.3. The van der Waals surface area contributed by atoms with E-state index in [0.717, 1.165) is 48.5 Å². The van der Waals surface area contributed by atoms with Gasteiger partial charge in [-0.05, 0) is 55.7 Å². The van der Waals surface area contributed by atoms with E-state index in [2.05, 4.69) is 44.5 Å². The van der Waals surface area contributed by atoms with E-state index in [9.17, 15) is 8.78 Å². The maximum atomic E-state index is 13.5. The lowest BCUT2D eigenvalue weighted by molar-refractivity contribution is -0.0541. The summed E-state index contributed by atoms with van der Waals surface area (Å²) in [6.45, 7) is 5.71. The zero-order chi connectivity index (χ0) is 23.2. The number of piperazine rings is 1. The number of anilines is 1. The summed E-state index contributed by atoms with van der Waals surface area (Å²) >= 11 is 12.5. The van der Waals surface area contributed by atoms with Crippen LogP contribution in [-0.4, -0.2) is 52.6 Å². The first-order valence-electron chi connectivity index (χ1n) is 11.6. The van der Waals surface area contributed by atoms with E-state index < -0.39 is 5.92 Å². The van der Waals surface area contributed by atoms with Crippen LogP contribution in [0.25, 0.3) is 11.0 Å². The summed E-state index contributed by atoms with van der Waals surface area (Å²) in [6, 6.07) is 12.3. The summed E-state index contributed by atoms with van der Waals surface area (Å²) in [5, 5.41) is 1.26. The minimum atomic E-state index is -2.47. The van der Waals surface area contributed by atoms with Crippen LogP contribution in [0.2, 0.25) is 10.0 Å². The van der Waals surface area contributed by atoms with Gasteiger partial charge in [-0.15, -0.1) is 0 Å². The Morgan fingerprint density at radius 2 is 1.73 bits per heavy atom. The van der Waals surface area contributed by atoms with Crippen LogP contribution in [0.1, 0.15) is 44.2 Å². The predicted molar refractivity (Wildman–Crippen MR) is 131 cm³/mol. The van der Waals surface area contributed by atoms with Crippen molar-refractivity contribution in [3.05, 3.63) is 58.3 Å². The molecule has 1 unspecified atom stereocenters. The molecule has 33 heavy (non-hydrogen) atoms. The molecule has 1 aliphatic carbocycles. The zero-order valence-electron chi connectivity index (χ0n) is 18.7. The summed E-state index contributed by atoms with van der Waals surface area (Å²) in [6.07, 6.45) is 3.11. The van der Waals surface area contributed by atoms with Gasteiger partial charge >= 0.3 is 0 Å². The molecule has 0 spiro atoms. The van der Waals surface area contributed by atoms with Crippen LogP contribution in [0.3, 0.4) is 0 Å². The van der Waals surface area contributed by atoms with Gasteiger partial charge in [0.15, 0.2) is 0 Å². The largest absolute Gasteiger partial charge is 0.369 e. The van der Waals surface area contributed by atoms with Gasteiger partial charge in [0.05, 0.1) is 23.4 Å². The molecule has 1 atom stereocenters. The van der Waals surface area contributed by atoms with Crippen LogP contribution < -0.4 is 4.90 Å². The normalized spacial score (nSPS) is 20.9. The lowest BCUT2D eigenvalue weighted by Gasteiger charge is -2.42. The molecule has 0 N–H and O–H groups in total. The molecule has 3 aromatic rings. The molecule has 2 heterocycles. The molecule has 2 aromatic carbocycles. The molecular formula is C25H28Cl2F2N4. The van der Waals surface area contributed by atoms with Crippen molar-refractivity contribution in [2.24, 2.45) is 0 Å². The highest BCUT2D eigenvalue weighted by atomic mass is 35.5. The fraction of sp³-hybridized carbons (Fsp3) is 0.480. The maximum absolute atomic E-state index is 13.5. The number of hydrogen-bond donors (Lipinski definition) is 0. The number of fused-ring (bicyclic) bond motifs is 1. The second kappa shape index (κ2) is 9.05. The number of rotatable bonds is 4. The average molecular weight is 493 g/mol. The van der Waals surface area contributed by atoms with Gasteiger partial charge in [0.1, 0.15) is 0 Å². The highest BCUT2D eigenvalue weighted by Crippen LogP contribution is 2.36. The Bertz CT molecular complexity index is 1130. The minimum absolute atomic E-state index is 0.0105. The number of halogens is 4. The molecule has 2 aliphatic rings. The molecule has 1 saturated heterocycles. The molecule has 1 aliphatic heterocycles. The van der Waals surface area contributed by atoms with Gasteiger partial charge in [0.25, 0.3) is 0 Å². The van der Waals surface area contributed by atoms with Crippen molar-refractivity contribution < 1.29 is 8.78 Å². The highest BCUT2D eigenvalue weighted by Gasteiger charge is 2.37. The van der Waals surface area contributed by atoms with E-state index in [1.807, 2.05) is 18.5 Å². The van der Waals surface area contributed by atoms with Gasteiger partial charge in [0, 0.05) is 60.8 Å². The maximum Gasteiger partial charge on any atom is 0.248 e. The van der Waals surface area contributed by atoms with E-state index in [1.165, 1.54) is 0 Å². The third kappa shape index (κ3) is 4.71. The van der Waals surface area contributed by atoms with Crippen LogP contribution in [0.5, 0.6) is 0 Å². The number of alkyl halides is 2. The van der Waals surface area contributed by atoms with Gasteiger partial charge in [-0.2, -0.15) is 0 Å². The Kier molecular flexibility index (Phi) is 6.27. The SMILES string of the molecule is CC(c1ccc(Cl)cc1Cl)n1cnc2ccc(N3CCN(C4CCC(F)(F)CC4)CC3)cc21. The minimum Gasteiger partial charge on any atom is -0.369 e. The molecule has 2 fully saturated rings. The van der Waals surface area contributed by atoms with Crippen LogP contribution in [-0.2, 0) is 0 Å². The molecule has 4 nitrogen and oxygen atoms in total. The topological polar surface area (TPSA) is 24.3 Å². The van der Waals surface area contributed by atoms with E-state index in [0.29, 0.717) is 28.9 Å². The molecule has 0 bridgehead atoms. The van der Waals surface area contributed by atoms with Crippen molar-refractivity contribution in [3.8, 4) is 0 Å². The predicted octanol–water partition coefficient (Wildman–Crippen LogP) is 6.65. The molecule has 176 valence electrons. The Morgan fingerprint density at radius 1 is 1.00 bits per heavy atom. The van der Waals surface area contributed by atoms with Crippen LogP contribution in [0.4, 0.5) is 14.5 Å². The summed E-state index contributed by atoms with van der Waals surface area (Å²) in [7, 11) is 0. The van der Waals surface area contributed by atoms with Crippen molar-refractivity contribution in [3.63, 3.8) is 0 Å². The van der Waals surface area contributed by atoms with Crippen LogP contribution in [0.15, 0.2) is 42.7 Å². The van der Waals surface area contributed by atoms with Crippen molar-refractivity contribution in [2.45, 2.75) is 50.6 Å². The summed E-state index contributed by atoms with van der Waals surface area (Å²) in [4.78, 5) is 9.37. The van der Waals surface area contributed by atoms with Gasteiger partial charge in [-0.25, -0.2) is 13.8 Å². The fourth-order valence-corrected chi connectivity index (χ4v) is 5.81. The summed E-state index contributed by atoms with van der Waals surface area (Å²) < 4.78 is 29.2. The first-order chi connectivity index (χ1) is 15.8. The molecule has 1 aromatic heterocycles. The third-order valence-corrected chi connectivity index (χ3v) is 7.83. The van der Waals surface area contributed by atoms with Crippen LogP contribution >= 0.6 is 23.2 Å². The first kappa shape index (κ1) is 22.9. The average Bonchev–Trinajstić information content (AvgIpc) is 3.22. The lowest BCUT2D eigenvalue weighted by Crippen LogP contribution is -2.51. The van der Waals surface area contributed by atoms with Crippen molar-refractivity contribution in [1.82, 2.24) is 14.5 Å². The Morgan fingerprint density at radius 3 is 2.42 bits per heavy atom. The van der Waals surface area contributed by atoms with Gasteiger partial charge in [-0.3, -0.25) is 4.90 Å². The summed E-state index contributed by atoms with van der Waals surface area (Å²) in [5.41, 5.74) is 4.16. The standard InChI is InChI=1S/C25H28Cl2F2N4/c1-17(21-4-2-18(26)14-22(21)27)33-16-30-23-5-3-20(15-24(23)33)32-12-10-31(11-13-32)19-6-8-25(28,29)9-7-19/h2-5,14-17,19H,6-13H2,1H3. The lowest BCUT2D eigenvalue weighted by atomic mass is 9.91. The Hall–Kier alpha value is -1.89. The van der Waals surface area contributed by atoms with Gasteiger partial charge in [-0.1, -0.05) is 29.3 Å². The summed E-state index contributed by atoms with van der Waals surface area (Å²) in [5.74, 6) is -2.47. The molecule has 1 saturated carbocycles. The van der Waals surface area contributed by atoms with Gasteiger partial charge < -0.3 is 9.47 Å². The monoisotopic (exact) mass is 492 g/mol. The molecule has 8 heteroatoms. The van der Waals surface area contributed by atoms with E-state index in [-0.39, 0.29) is 18.9 Å². The Labute approximate surface area is 203 Å². The number of hydrogen-bond acceptors (Lipinski definition) is 3. The van der Waals surface area contributed by atoms with Crippen molar-refractivity contribution >= 4 is 39.9 Å². The number of imidazole rings is 1. The van der Waals surface area contributed by atoms with E-state index in [4.69, 9.17) is 23.2 Å². The van der Waals surface area contributed by atoms with Crippen molar-refractivity contribution in [1.29, 1.82) is 0 Å². The second-order valence-electron chi connectivity index (χ2n) is 9.28. The van der Waals surface area contributed by atoms with Crippen LogP contribution in [0, 0.1) is 0 Å². The van der Waals surface area contributed by atoms with E-state index in [1.54, 1.807) is 6.07 Å². The Balaban J connectivity index is 1.31. The second-order valence-corrected chi connectivity index (χ2v) is 10.1. The van der Waals surface area contributed by atoms with E-state index >= 15 is 0 Å². The highest BCUT2D eigenvalue weighted by molar-refractivity contribution is 6.35. The zero-order valence-corrected chi connectivity index (χ0v) is 20.2. The van der Waals surface area contributed by atoms with Gasteiger partial charge in [0.2, 0.25) is 5.92 Å². The smallest absolute Gasteiger partial charge is 0.248 e. The molecule has 0 radical (unpaired) electrons. The molecule has 0 amide bonds. The fourth-order valence-electron chi connectivity index (χ4n) is 5.25.